The maximum atomic E-state index is 13.6. The molecule has 0 saturated carbocycles. The number of rotatable bonds is 10. The highest BCUT2D eigenvalue weighted by atomic mass is 32.1. The van der Waals surface area contributed by atoms with E-state index in [-0.39, 0.29) is 30.7 Å². The van der Waals surface area contributed by atoms with Crippen molar-refractivity contribution in [3.63, 3.8) is 0 Å². The van der Waals surface area contributed by atoms with Crippen LogP contribution < -0.4 is 10.6 Å². The quantitative estimate of drug-likeness (QED) is 0.406. The Hall–Kier alpha value is -2.78. The number of carbonyl (C=O) groups excluding carboxylic acids is 3. The molecule has 37 heavy (non-hydrogen) atoms. The molecule has 1 aliphatic rings. The highest BCUT2D eigenvalue weighted by Gasteiger charge is 2.44. The van der Waals surface area contributed by atoms with E-state index in [0.29, 0.717) is 13.0 Å². The molecule has 0 aliphatic carbocycles. The van der Waals surface area contributed by atoms with Gasteiger partial charge in [0.1, 0.15) is 12.1 Å². The Balaban J connectivity index is 1.65. The van der Waals surface area contributed by atoms with Gasteiger partial charge in [-0.3, -0.25) is 14.4 Å². The number of benzene rings is 1. The normalized spacial score (nSPS) is 18.5. The number of nitrogens with zero attached hydrogens (tertiary/aromatic N) is 2. The summed E-state index contributed by atoms with van der Waals surface area (Å²) >= 11 is 1.59. The minimum absolute atomic E-state index is 0.0676. The van der Waals surface area contributed by atoms with E-state index in [4.69, 9.17) is 0 Å². The molecular weight excluding hydrogens is 488 g/mol. The smallest absolute Gasteiger partial charge is 0.246 e. The molecule has 3 N–H and O–H groups in total. The van der Waals surface area contributed by atoms with Crippen LogP contribution in [0.3, 0.4) is 0 Å². The molecule has 1 aliphatic heterocycles. The summed E-state index contributed by atoms with van der Waals surface area (Å²) in [6, 6.07) is 6.37. The first kappa shape index (κ1) is 28.8. The minimum Gasteiger partial charge on any atom is -0.391 e. The molecule has 1 saturated heterocycles. The maximum Gasteiger partial charge on any atom is 0.246 e. The third kappa shape index (κ3) is 7.61. The standard InChI is InChI=1S/C28H40N4O4S/c1-6-7-8-9-23(34)31-25(28(3,4)5)27(36)32-16-21(33)14-22(32)26(35)29-15-19-10-12-20(13-11-19)24-18(2)30-17-37-24/h10-13,17,21-22,25,33H,6-9,14-16H2,1-5H3,(H,29,35)(H,31,34)/t21-,22+,25?/m1/s1. The molecule has 8 nitrogen and oxygen atoms in total. The van der Waals surface area contributed by atoms with Crippen molar-refractivity contribution in [2.45, 2.75) is 91.5 Å². The van der Waals surface area contributed by atoms with Gasteiger partial charge in [0, 0.05) is 25.9 Å². The topological polar surface area (TPSA) is 112 Å². The van der Waals surface area contributed by atoms with Crippen molar-refractivity contribution in [2.24, 2.45) is 5.41 Å². The van der Waals surface area contributed by atoms with E-state index >= 15 is 0 Å². The van der Waals surface area contributed by atoms with Gasteiger partial charge in [-0.15, -0.1) is 11.3 Å². The highest BCUT2D eigenvalue weighted by Crippen LogP contribution is 2.28. The zero-order valence-electron chi connectivity index (χ0n) is 22.5. The van der Waals surface area contributed by atoms with Gasteiger partial charge in [-0.2, -0.15) is 0 Å². The number of hydrogen-bond donors (Lipinski definition) is 3. The first-order valence-electron chi connectivity index (χ1n) is 13.1. The van der Waals surface area contributed by atoms with Gasteiger partial charge in [0.25, 0.3) is 0 Å². The van der Waals surface area contributed by atoms with Crippen LogP contribution in [0.5, 0.6) is 0 Å². The third-order valence-electron chi connectivity index (χ3n) is 6.72. The number of amides is 3. The Morgan fingerprint density at radius 1 is 1.19 bits per heavy atom. The molecule has 202 valence electrons. The van der Waals surface area contributed by atoms with Crippen LogP contribution in [0, 0.1) is 12.3 Å². The average molecular weight is 529 g/mol. The highest BCUT2D eigenvalue weighted by molar-refractivity contribution is 7.13. The molecule has 0 spiro atoms. The second-order valence-corrected chi connectivity index (χ2v) is 11.8. The van der Waals surface area contributed by atoms with E-state index in [1.807, 2.05) is 57.5 Å². The lowest BCUT2D eigenvalue weighted by Crippen LogP contribution is -2.57. The summed E-state index contributed by atoms with van der Waals surface area (Å²) in [7, 11) is 0. The number of nitrogens with one attached hydrogen (secondary N) is 2. The van der Waals surface area contributed by atoms with Crippen molar-refractivity contribution in [1.82, 2.24) is 20.5 Å². The number of β-amino-alcohol motifs (C(OH)–C–C–N with tert-alkyl or cyclic N) is 1. The minimum atomic E-state index is -0.789. The number of hydrogen-bond acceptors (Lipinski definition) is 6. The van der Waals surface area contributed by atoms with Crippen LogP contribution in [0.4, 0.5) is 0 Å². The summed E-state index contributed by atoms with van der Waals surface area (Å²) in [5.41, 5.74) is 4.27. The van der Waals surface area contributed by atoms with E-state index < -0.39 is 23.6 Å². The number of thiazole rings is 1. The summed E-state index contributed by atoms with van der Waals surface area (Å²) in [5, 5.41) is 16.2. The SMILES string of the molecule is CCCCCC(=O)NC(C(=O)N1C[C@H](O)C[C@H]1C(=O)NCc1ccc(-c2scnc2C)cc1)C(C)(C)C. The van der Waals surface area contributed by atoms with Crippen molar-refractivity contribution in [2.75, 3.05) is 6.54 Å². The number of aliphatic hydroxyl groups is 1. The van der Waals surface area contributed by atoms with Gasteiger partial charge in [-0.05, 0) is 29.9 Å². The van der Waals surface area contributed by atoms with Crippen LogP contribution in [0.1, 0.15) is 71.1 Å². The van der Waals surface area contributed by atoms with Crippen molar-refractivity contribution >= 4 is 29.1 Å². The largest absolute Gasteiger partial charge is 0.391 e. The van der Waals surface area contributed by atoms with Crippen LogP contribution >= 0.6 is 11.3 Å². The van der Waals surface area contributed by atoms with E-state index in [0.717, 1.165) is 41.0 Å². The number of aliphatic hydroxyl groups excluding tert-OH is 1. The molecule has 2 heterocycles. The summed E-state index contributed by atoms with van der Waals surface area (Å²) < 4.78 is 0. The fraction of sp³-hybridized carbons (Fsp3) is 0.571. The molecule has 2 aromatic rings. The van der Waals surface area contributed by atoms with E-state index in [9.17, 15) is 19.5 Å². The maximum absolute atomic E-state index is 13.6. The summed E-state index contributed by atoms with van der Waals surface area (Å²) in [6.45, 7) is 10.1. The van der Waals surface area contributed by atoms with Crippen molar-refractivity contribution in [1.29, 1.82) is 0 Å². The summed E-state index contributed by atoms with van der Waals surface area (Å²) in [6.07, 6.45) is 2.47. The average Bonchev–Trinajstić information content (AvgIpc) is 3.46. The van der Waals surface area contributed by atoms with Crippen LogP contribution in [-0.2, 0) is 20.9 Å². The third-order valence-corrected chi connectivity index (χ3v) is 7.70. The van der Waals surface area contributed by atoms with Crippen molar-refractivity contribution in [3.8, 4) is 10.4 Å². The number of unbranched alkanes of at least 4 members (excludes halogenated alkanes) is 2. The lowest BCUT2D eigenvalue weighted by Gasteiger charge is -2.35. The van der Waals surface area contributed by atoms with Crippen LogP contribution in [-0.4, -0.2) is 57.4 Å². The molecule has 1 aromatic carbocycles. The van der Waals surface area contributed by atoms with E-state index in [1.54, 1.807) is 11.3 Å². The number of likely N-dealkylation sites (tertiary alicyclic amines) is 1. The molecule has 1 unspecified atom stereocenters. The molecule has 3 amide bonds. The van der Waals surface area contributed by atoms with Crippen molar-refractivity contribution in [3.05, 3.63) is 41.0 Å². The van der Waals surface area contributed by atoms with Gasteiger partial charge in [0.2, 0.25) is 17.7 Å². The van der Waals surface area contributed by atoms with Gasteiger partial charge in [-0.25, -0.2) is 4.98 Å². The Morgan fingerprint density at radius 3 is 2.49 bits per heavy atom. The fourth-order valence-electron chi connectivity index (χ4n) is 4.55. The second-order valence-electron chi connectivity index (χ2n) is 10.9. The molecule has 1 aromatic heterocycles. The molecule has 0 radical (unpaired) electrons. The van der Waals surface area contributed by atoms with E-state index in [2.05, 4.69) is 22.5 Å². The van der Waals surface area contributed by atoms with Gasteiger partial charge in [-0.1, -0.05) is 64.8 Å². The lowest BCUT2D eigenvalue weighted by molar-refractivity contribution is -0.144. The first-order chi connectivity index (χ1) is 17.5. The predicted octanol–water partition coefficient (Wildman–Crippen LogP) is 3.81. The summed E-state index contributed by atoms with van der Waals surface area (Å²) in [5.74, 6) is -0.814. The van der Waals surface area contributed by atoms with Crippen LogP contribution in [0.15, 0.2) is 29.8 Å². The van der Waals surface area contributed by atoms with E-state index in [1.165, 1.54) is 4.90 Å². The van der Waals surface area contributed by atoms with Crippen LogP contribution in [0.25, 0.3) is 10.4 Å². The molecule has 9 heteroatoms. The molecule has 1 fully saturated rings. The second kappa shape index (κ2) is 12.6. The van der Waals surface area contributed by atoms with Crippen LogP contribution in [0.2, 0.25) is 0 Å². The Bertz CT molecular complexity index is 1080. The van der Waals surface area contributed by atoms with Gasteiger partial charge < -0.3 is 20.6 Å². The number of carbonyl (C=O) groups is 3. The molecular formula is C28H40N4O4S. The predicted molar refractivity (Wildman–Crippen MR) is 146 cm³/mol. The zero-order valence-corrected chi connectivity index (χ0v) is 23.4. The Labute approximate surface area is 223 Å². The number of aromatic nitrogens is 1. The molecule has 0 bridgehead atoms. The van der Waals surface area contributed by atoms with Crippen molar-refractivity contribution < 1.29 is 19.5 Å². The molecule has 3 rings (SSSR count). The van der Waals surface area contributed by atoms with Gasteiger partial charge >= 0.3 is 0 Å². The lowest BCUT2D eigenvalue weighted by atomic mass is 9.85. The van der Waals surface area contributed by atoms with Gasteiger partial charge in [0.05, 0.1) is 22.2 Å². The Kier molecular flexibility index (Phi) is 9.84. The number of aryl methyl sites for hydroxylation is 1. The molecule has 3 atom stereocenters. The van der Waals surface area contributed by atoms with Gasteiger partial charge in [0.15, 0.2) is 0 Å². The monoisotopic (exact) mass is 528 g/mol. The summed E-state index contributed by atoms with van der Waals surface area (Å²) in [4.78, 5) is 46.1. The Morgan fingerprint density at radius 2 is 1.89 bits per heavy atom. The first-order valence-corrected chi connectivity index (χ1v) is 13.9. The zero-order chi connectivity index (χ0) is 27.2. The fourth-order valence-corrected chi connectivity index (χ4v) is 5.36.